The Morgan fingerprint density at radius 3 is 2.32 bits per heavy atom. The van der Waals surface area contributed by atoms with Gasteiger partial charge in [0.25, 0.3) is 5.91 Å². The summed E-state index contributed by atoms with van der Waals surface area (Å²) in [4.78, 5) is 23.1. The fourth-order valence-corrected chi connectivity index (χ4v) is 1.89. The molecule has 96 valence electrons. The van der Waals surface area contributed by atoms with Crippen molar-refractivity contribution >= 4 is 11.8 Å². The number of hydrogen-bond donors (Lipinski definition) is 2. The molecule has 0 aromatic heterocycles. The van der Waals surface area contributed by atoms with Gasteiger partial charge in [0.1, 0.15) is 0 Å². The van der Waals surface area contributed by atoms with Gasteiger partial charge in [-0.05, 0) is 23.3 Å². The second kappa shape index (κ2) is 5.35. The highest BCUT2D eigenvalue weighted by Crippen LogP contribution is 2.24. The van der Waals surface area contributed by atoms with Crippen LogP contribution in [0.5, 0.6) is 0 Å². The number of nitrogens with two attached hydrogens (primary N) is 1. The van der Waals surface area contributed by atoms with E-state index in [1.807, 2.05) is 30.3 Å². The van der Waals surface area contributed by atoms with Crippen LogP contribution in [0.1, 0.15) is 20.7 Å². The molecule has 3 N–H and O–H groups in total. The highest BCUT2D eigenvalue weighted by atomic mass is 16.2. The molecule has 0 fully saturated rings. The zero-order valence-electron chi connectivity index (χ0n) is 10.5. The predicted octanol–water partition coefficient (Wildman–Crippen LogP) is 1.81. The molecule has 0 heterocycles. The summed E-state index contributed by atoms with van der Waals surface area (Å²) in [5, 5.41) is 2.57. The summed E-state index contributed by atoms with van der Waals surface area (Å²) < 4.78 is 0. The topological polar surface area (TPSA) is 72.2 Å². The quantitative estimate of drug-likeness (QED) is 0.876. The Hall–Kier alpha value is -2.62. The van der Waals surface area contributed by atoms with Crippen LogP contribution in [-0.2, 0) is 0 Å². The molecular formula is C15H14N2O2. The van der Waals surface area contributed by atoms with Gasteiger partial charge >= 0.3 is 0 Å². The first-order chi connectivity index (χ1) is 9.13. The van der Waals surface area contributed by atoms with Crippen LogP contribution in [-0.4, -0.2) is 18.9 Å². The number of carbonyl (C=O) groups excluding carboxylic acids is 2. The van der Waals surface area contributed by atoms with Gasteiger partial charge in [-0.3, -0.25) is 9.59 Å². The lowest BCUT2D eigenvalue weighted by atomic mass is 9.97. The summed E-state index contributed by atoms with van der Waals surface area (Å²) in [5.74, 6) is -0.799. The summed E-state index contributed by atoms with van der Waals surface area (Å²) in [5.41, 5.74) is 7.68. The van der Waals surface area contributed by atoms with Crippen LogP contribution in [0.25, 0.3) is 11.1 Å². The first-order valence-electron chi connectivity index (χ1n) is 5.85. The molecule has 0 atom stereocenters. The van der Waals surface area contributed by atoms with Crippen LogP contribution >= 0.6 is 0 Å². The fourth-order valence-electron chi connectivity index (χ4n) is 1.89. The maximum atomic E-state index is 11.9. The van der Waals surface area contributed by atoms with Crippen molar-refractivity contribution in [1.29, 1.82) is 0 Å². The third-order valence-corrected chi connectivity index (χ3v) is 2.86. The van der Waals surface area contributed by atoms with Gasteiger partial charge in [0, 0.05) is 18.2 Å². The van der Waals surface area contributed by atoms with Gasteiger partial charge in [0.2, 0.25) is 5.91 Å². The second-order valence-corrected chi connectivity index (χ2v) is 4.07. The molecule has 0 aliphatic rings. The van der Waals surface area contributed by atoms with Crippen molar-refractivity contribution in [2.24, 2.45) is 5.73 Å². The average molecular weight is 254 g/mol. The van der Waals surface area contributed by atoms with E-state index in [1.54, 1.807) is 19.2 Å². The van der Waals surface area contributed by atoms with E-state index < -0.39 is 5.91 Å². The molecule has 0 aliphatic heterocycles. The molecule has 0 saturated carbocycles. The lowest BCUT2D eigenvalue weighted by Gasteiger charge is -2.10. The van der Waals surface area contributed by atoms with Gasteiger partial charge in [0.15, 0.2) is 0 Å². The maximum absolute atomic E-state index is 11.9. The molecule has 0 unspecified atom stereocenters. The van der Waals surface area contributed by atoms with Crippen molar-refractivity contribution in [2.45, 2.75) is 0 Å². The molecule has 0 bridgehead atoms. The molecule has 0 spiro atoms. The lowest BCUT2D eigenvalue weighted by molar-refractivity contribution is 0.0963. The van der Waals surface area contributed by atoms with Gasteiger partial charge in [-0.1, -0.05) is 36.4 Å². The van der Waals surface area contributed by atoms with Crippen LogP contribution in [0.4, 0.5) is 0 Å². The summed E-state index contributed by atoms with van der Waals surface area (Å²) in [7, 11) is 1.55. The number of rotatable bonds is 3. The van der Waals surface area contributed by atoms with Crippen molar-refractivity contribution in [2.75, 3.05) is 7.05 Å². The summed E-state index contributed by atoms with van der Waals surface area (Å²) in [6.07, 6.45) is 0. The Bertz CT molecular complexity index is 621. The number of amides is 2. The zero-order chi connectivity index (χ0) is 13.8. The first kappa shape index (κ1) is 12.8. The van der Waals surface area contributed by atoms with Crippen LogP contribution in [0.2, 0.25) is 0 Å². The summed E-state index contributed by atoms with van der Waals surface area (Å²) in [6.45, 7) is 0. The summed E-state index contributed by atoms with van der Waals surface area (Å²) in [6, 6.07) is 14.4. The maximum Gasteiger partial charge on any atom is 0.251 e. The minimum atomic E-state index is -0.551. The van der Waals surface area contributed by atoms with E-state index in [-0.39, 0.29) is 5.91 Å². The lowest BCUT2D eigenvalue weighted by Crippen LogP contribution is -2.20. The normalized spacial score (nSPS) is 9.95. The van der Waals surface area contributed by atoms with Crippen LogP contribution < -0.4 is 11.1 Å². The fraction of sp³-hybridized carbons (Fsp3) is 0.0667. The molecular weight excluding hydrogens is 240 g/mol. The second-order valence-electron chi connectivity index (χ2n) is 4.07. The Balaban J connectivity index is 2.61. The number of benzene rings is 2. The Kier molecular flexibility index (Phi) is 3.61. The molecule has 2 aromatic rings. The first-order valence-corrected chi connectivity index (χ1v) is 5.85. The molecule has 19 heavy (non-hydrogen) atoms. The molecule has 2 rings (SSSR count). The third-order valence-electron chi connectivity index (χ3n) is 2.86. The number of hydrogen-bond acceptors (Lipinski definition) is 2. The van der Waals surface area contributed by atoms with Crippen molar-refractivity contribution in [1.82, 2.24) is 5.32 Å². The molecule has 0 radical (unpaired) electrons. The van der Waals surface area contributed by atoms with Crippen LogP contribution in [0.3, 0.4) is 0 Å². The van der Waals surface area contributed by atoms with E-state index in [0.29, 0.717) is 11.1 Å². The van der Waals surface area contributed by atoms with E-state index in [9.17, 15) is 9.59 Å². The highest BCUT2D eigenvalue weighted by molar-refractivity contribution is 6.04. The van der Waals surface area contributed by atoms with Gasteiger partial charge < -0.3 is 11.1 Å². The highest BCUT2D eigenvalue weighted by Gasteiger charge is 2.14. The molecule has 2 amide bonds. The third kappa shape index (κ3) is 2.63. The average Bonchev–Trinajstić information content (AvgIpc) is 2.46. The number of primary amides is 1. The largest absolute Gasteiger partial charge is 0.366 e. The Morgan fingerprint density at radius 2 is 1.74 bits per heavy atom. The standard InChI is InChI=1S/C15H14N2O2/c1-17-15(19)13-9-11(14(16)18)7-8-12(13)10-5-3-2-4-6-10/h2-9H,1H3,(H2,16,18)(H,17,19). The smallest absolute Gasteiger partial charge is 0.251 e. The molecule has 2 aromatic carbocycles. The van der Waals surface area contributed by atoms with Crippen LogP contribution in [0, 0.1) is 0 Å². The van der Waals surface area contributed by atoms with Crippen molar-refractivity contribution < 1.29 is 9.59 Å². The van der Waals surface area contributed by atoms with E-state index in [1.165, 1.54) is 6.07 Å². The Morgan fingerprint density at radius 1 is 1.05 bits per heavy atom. The molecule has 4 heteroatoms. The van der Waals surface area contributed by atoms with Crippen molar-refractivity contribution in [3.8, 4) is 11.1 Å². The van der Waals surface area contributed by atoms with Gasteiger partial charge in [0.05, 0.1) is 0 Å². The monoisotopic (exact) mass is 254 g/mol. The SMILES string of the molecule is CNC(=O)c1cc(C(N)=O)ccc1-c1ccccc1. The van der Waals surface area contributed by atoms with E-state index in [4.69, 9.17) is 5.73 Å². The number of nitrogens with one attached hydrogen (secondary N) is 1. The Labute approximate surface area is 111 Å². The predicted molar refractivity (Wildman–Crippen MR) is 73.8 cm³/mol. The van der Waals surface area contributed by atoms with Gasteiger partial charge in [-0.25, -0.2) is 0 Å². The van der Waals surface area contributed by atoms with Crippen molar-refractivity contribution in [3.05, 3.63) is 59.7 Å². The van der Waals surface area contributed by atoms with E-state index >= 15 is 0 Å². The van der Waals surface area contributed by atoms with E-state index in [0.717, 1.165) is 11.1 Å². The minimum Gasteiger partial charge on any atom is -0.366 e. The van der Waals surface area contributed by atoms with Crippen molar-refractivity contribution in [3.63, 3.8) is 0 Å². The molecule has 0 saturated heterocycles. The van der Waals surface area contributed by atoms with Gasteiger partial charge in [-0.2, -0.15) is 0 Å². The van der Waals surface area contributed by atoms with Gasteiger partial charge in [-0.15, -0.1) is 0 Å². The molecule has 0 aliphatic carbocycles. The van der Waals surface area contributed by atoms with Crippen LogP contribution in [0.15, 0.2) is 48.5 Å². The summed E-state index contributed by atoms with van der Waals surface area (Å²) >= 11 is 0. The molecule has 4 nitrogen and oxygen atoms in total. The number of carbonyl (C=O) groups is 2. The zero-order valence-corrected chi connectivity index (χ0v) is 10.5. The van der Waals surface area contributed by atoms with E-state index in [2.05, 4.69) is 5.32 Å². The minimum absolute atomic E-state index is 0.248.